The molecule has 0 heterocycles. The van der Waals surface area contributed by atoms with Gasteiger partial charge in [-0.1, -0.05) is 30.3 Å². The minimum absolute atomic E-state index is 0.651. The Hall–Kier alpha value is -1.56. The van der Waals surface area contributed by atoms with Crippen molar-refractivity contribution in [3.05, 3.63) is 60.2 Å². The van der Waals surface area contributed by atoms with Crippen LogP contribution < -0.4 is 10.6 Å². The van der Waals surface area contributed by atoms with E-state index in [4.69, 9.17) is 17.0 Å². The third-order valence-electron chi connectivity index (χ3n) is 3.32. The van der Waals surface area contributed by atoms with E-state index in [1.807, 2.05) is 24.8 Å². The van der Waals surface area contributed by atoms with Gasteiger partial charge in [-0.3, -0.25) is 0 Å². The van der Waals surface area contributed by atoms with Crippen LogP contribution in [0.3, 0.4) is 0 Å². The van der Waals surface area contributed by atoms with Gasteiger partial charge < -0.3 is 15.4 Å². The van der Waals surface area contributed by atoms with Gasteiger partial charge in [0.2, 0.25) is 0 Å². The summed E-state index contributed by atoms with van der Waals surface area (Å²) in [6.45, 7) is 4.34. The van der Waals surface area contributed by atoms with Crippen molar-refractivity contribution in [3.63, 3.8) is 0 Å². The van der Waals surface area contributed by atoms with E-state index >= 15 is 0 Å². The number of hydrogen-bond acceptors (Lipinski definition) is 3. The standard InChI is InChI=1S/C19H24N2OS2/c1-2-22-14-6-13-20-19(23)21-17-11-9-16(10-12-17)15-24-18-7-4-3-5-8-18/h3-5,7-12H,2,6,13-15H2,1H3,(H2,20,21,23). The zero-order valence-corrected chi connectivity index (χ0v) is 15.6. The predicted octanol–water partition coefficient (Wildman–Crippen LogP) is 4.69. The molecule has 0 aromatic heterocycles. The van der Waals surface area contributed by atoms with Crippen molar-refractivity contribution in [2.24, 2.45) is 0 Å². The lowest BCUT2D eigenvalue weighted by atomic mass is 10.2. The first-order valence-electron chi connectivity index (χ1n) is 8.17. The average Bonchev–Trinajstić information content (AvgIpc) is 2.62. The molecule has 0 amide bonds. The molecule has 0 atom stereocenters. The van der Waals surface area contributed by atoms with Crippen LogP contribution in [-0.4, -0.2) is 24.9 Å². The molecule has 0 radical (unpaired) electrons. The third-order valence-corrected chi connectivity index (χ3v) is 4.65. The third kappa shape index (κ3) is 7.34. The highest BCUT2D eigenvalue weighted by molar-refractivity contribution is 7.98. The minimum atomic E-state index is 0.651. The van der Waals surface area contributed by atoms with Gasteiger partial charge in [0.25, 0.3) is 0 Å². The highest BCUT2D eigenvalue weighted by Crippen LogP contribution is 2.23. The summed E-state index contributed by atoms with van der Waals surface area (Å²) < 4.78 is 5.30. The molecule has 128 valence electrons. The van der Waals surface area contributed by atoms with E-state index in [2.05, 4.69) is 59.2 Å². The number of anilines is 1. The molecule has 2 rings (SSSR count). The molecule has 2 aromatic rings. The number of thioether (sulfide) groups is 1. The van der Waals surface area contributed by atoms with Gasteiger partial charge in [-0.2, -0.15) is 0 Å². The van der Waals surface area contributed by atoms with Crippen LogP contribution in [0, 0.1) is 0 Å². The molecule has 24 heavy (non-hydrogen) atoms. The topological polar surface area (TPSA) is 33.3 Å². The molecule has 5 heteroatoms. The van der Waals surface area contributed by atoms with E-state index in [1.165, 1.54) is 10.5 Å². The number of hydrogen-bond donors (Lipinski definition) is 2. The van der Waals surface area contributed by atoms with E-state index in [0.29, 0.717) is 5.11 Å². The van der Waals surface area contributed by atoms with E-state index in [0.717, 1.165) is 37.6 Å². The number of rotatable bonds is 9. The minimum Gasteiger partial charge on any atom is -0.382 e. The zero-order valence-electron chi connectivity index (χ0n) is 14.0. The zero-order chi connectivity index (χ0) is 17.0. The Kier molecular flexibility index (Phi) is 8.66. The molecule has 0 saturated heterocycles. The van der Waals surface area contributed by atoms with Crippen molar-refractivity contribution >= 4 is 34.8 Å². The van der Waals surface area contributed by atoms with Crippen LogP contribution in [0.2, 0.25) is 0 Å². The van der Waals surface area contributed by atoms with Crippen LogP contribution in [0.4, 0.5) is 5.69 Å². The monoisotopic (exact) mass is 360 g/mol. The second-order valence-electron chi connectivity index (χ2n) is 5.23. The summed E-state index contributed by atoms with van der Waals surface area (Å²) in [7, 11) is 0. The Morgan fingerprint density at radius 2 is 1.83 bits per heavy atom. The molecular weight excluding hydrogens is 336 g/mol. The highest BCUT2D eigenvalue weighted by atomic mass is 32.2. The van der Waals surface area contributed by atoms with E-state index in [9.17, 15) is 0 Å². The number of thiocarbonyl (C=S) groups is 1. The Bertz CT molecular complexity index is 603. The first kappa shape index (κ1) is 18.8. The largest absolute Gasteiger partial charge is 0.382 e. The summed E-state index contributed by atoms with van der Waals surface area (Å²) in [5.41, 5.74) is 2.30. The molecule has 2 N–H and O–H groups in total. The second kappa shape index (κ2) is 11.1. The molecule has 0 unspecified atom stereocenters. The molecule has 0 saturated carbocycles. The maximum absolute atomic E-state index is 5.30. The van der Waals surface area contributed by atoms with Crippen LogP contribution in [0.15, 0.2) is 59.5 Å². The summed E-state index contributed by atoms with van der Waals surface area (Å²) in [4.78, 5) is 1.29. The first-order valence-corrected chi connectivity index (χ1v) is 9.56. The summed E-state index contributed by atoms with van der Waals surface area (Å²) >= 11 is 7.14. The smallest absolute Gasteiger partial charge is 0.170 e. The maximum atomic E-state index is 5.30. The van der Waals surface area contributed by atoms with Gasteiger partial charge >= 0.3 is 0 Å². The van der Waals surface area contributed by atoms with Crippen LogP contribution in [0.25, 0.3) is 0 Å². The lowest BCUT2D eigenvalue weighted by molar-refractivity contribution is 0.146. The molecule has 2 aromatic carbocycles. The summed E-state index contributed by atoms with van der Waals surface area (Å²) in [6, 6.07) is 18.8. The number of nitrogens with one attached hydrogen (secondary N) is 2. The van der Waals surface area contributed by atoms with Gasteiger partial charge in [0.1, 0.15) is 0 Å². The fourth-order valence-electron chi connectivity index (χ4n) is 2.06. The van der Waals surface area contributed by atoms with Crippen LogP contribution >= 0.6 is 24.0 Å². The Balaban J connectivity index is 1.70. The second-order valence-corrected chi connectivity index (χ2v) is 6.69. The van der Waals surface area contributed by atoms with Crippen molar-refractivity contribution in [2.75, 3.05) is 25.1 Å². The Labute approximate surface area is 154 Å². The summed E-state index contributed by atoms with van der Waals surface area (Å²) in [5, 5.41) is 7.04. The van der Waals surface area contributed by atoms with Crippen molar-refractivity contribution in [3.8, 4) is 0 Å². The Morgan fingerprint density at radius 1 is 1.08 bits per heavy atom. The van der Waals surface area contributed by atoms with Crippen molar-refractivity contribution in [2.45, 2.75) is 24.0 Å². The molecule has 0 aliphatic carbocycles. The number of ether oxygens (including phenoxy) is 1. The highest BCUT2D eigenvalue weighted by Gasteiger charge is 1.99. The normalized spacial score (nSPS) is 10.4. The van der Waals surface area contributed by atoms with E-state index in [-0.39, 0.29) is 0 Å². The van der Waals surface area contributed by atoms with Crippen LogP contribution in [0.5, 0.6) is 0 Å². The quantitative estimate of drug-likeness (QED) is 0.385. The molecule has 0 aliphatic heterocycles. The van der Waals surface area contributed by atoms with Gasteiger partial charge in [-0.05, 0) is 55.4 Å². The fourth-order valence-corrected chi connectivity index (χ4v) is 3.16. The van der Waals surface area contributed by atoms with Gasteiger partial charge in [0.15, 0.2) is 5.11 Å². The van der Waals surface area contributed by atoms with E-state index in [1.54, 1.807) is 0 Å². The van der Waals surface area contributed by atoms with Gasteiger partial charge in [-0.25, -0.2) is 0 Å². The average molecular weight is 361 g/mol. The van der Waals surface area contributed by atoms with Crippen LogP contribution in [0.1, 0.15) is 18.9 Å². The molecular formula is C19H24N2OS2. The molecule has 0 bridgehead atoms. The Morgan fingerprint density at radius 3 is 2.54 bits per heavy atom. The molecule has 0 fully saturated rings. The molecule has 0 spiro atoms. The van der Waals surface area contributed by atoms with Crippen LogP contribution in [-0.2, 0) is 10.5 Å². The maximum Gasteiger partial charge on any atom is 0.170 e. The molecule has 0 aliphatic rings. The van der Waals surface area contributed by atoms with Gasteiger partial charge in [-0.15, -0.1) is 11.8 Å². The lowest BCUT2D eigenvalue weighted by Gasteiger charge is -2.11. The van der Waals surface area contributed by atoms with Crippen molar-refractivity contribution in [1.82, 2.24) is 5.32 Å². The predicted molar refractivity (Wildman–Crippen MR) is 108 cm³/mol. The SMILES string of the molecule is CCOCCCNC(=S)Nc1ccc(CSc2ccccc2)cc1. The van der Waals surface area contributed by atoms with Gasteiger partial charge in [0.05, 0.1) is 0 Å². The summed E-state index contributed by atoms with van der Waals surface area (Å²) in [6.07, 6.45) is 0.950. The van der Waals surface area contributed by atoms with Crippen molar-refractivity contribution in [1.29, 1.82) is 0 Å². The van der Waals surface area contributed by atoms with E-state index < -0.39 is 0 Å². The lowest BCUT2D eigenvalue weighted by Crippen LogP contribution is -2.29. The fraction of sp³-hybridized carbons (Fsp3) is 0.316. The summed E-state index contributed by atoms with van der Waals surface area (Å²) in [5.74, 6) is 0.963. The van der Waals surface area contributed by atoms with Crippen molar-refractivity contribution < 1.29 is 4.74 Å². The van der Waals surface area contributed by atoms with Gasteiger partial charge in [0, 0.05) is 36.1 Å². The first-order chi connectivity index (χ1) is 11.8. The molecule has 3 nitrogen and oxygen atoms in total. The number of benzene rings is 2.